The van der Waals surface area contributed by atoms with Crippen molar-refractivity contribution in [3.05, 3.63) is 16.2 Å². The molecule has 0 aliphatic carbocycles. The summed E-state index contributed by atoms with van der Waals surface area (Å²) in [5.41, 5.74) is 0. The molecule has 2 nitrogen and oxygen atoms in total. The van der Waals surface area contributed by atoms with Gasteiger partial charge in [-0.15, -0.1) is 23.1 Å². The van der Waals surface area contributed by atoms with Gasteiger partial charge in [0, 0.05) is 10.3 Å². The monoisotopic (exact) mass is 300 g/mol. The van der Waals surface area contributed by atoms with Crippen LogP contribution in [-0.2, 0) is 6.42 Å². The van der Waals surface area contributed by atoms with Crippen LogP contribution in [0.15, 0.2) is 11.1 Å². The van der Waals surface area contributed by atoms with Crippen LogP contribution in [0.2, 0.25) is 5.28 Å². The van der Waals surface area contributed by atoms with E-state index in [4.69, 9.17) is 11.6 Å². The third kappa shape index (κ3) is 3.37. The molecule has 0 amide bonds. The number of unbranched alkanes of at least 4 members (excludes halogenated alkanes) is 2. The van der Waals surface area contributed by atoms with E-state index in [0.29, 0.717) is 5.28 Å². The summed E-state index contributed by atoms with van der Waals surface area (Å²) in [5.74, 6) is 1.10. The van der Waals surface area contributed by atoms with Crippen LogP contribution in [0, 0.1) is 0 Å². The van der Waals surface area contributed by atoms with Gasteiger partial charge in [-0.05, 0) is 36.3 Å². The maximum atomic E-state index is 5.99. The van der Waals surface area contributed by atoms with Crippen LogP contribution in [0.4, 0.5) is 0 Å². The fourth-order valence-electron chi connectivity index (χ4n) is 1.73. The molecule has 0 aliphatic rings. The van der Waals surface area contributed by atoms with Crippen LogP contribution < -0.4 is 0 Å². The van der Waals surface area contributed by atoms with Crippen LogP contribution in [0.3, 0.4) is 0 Å². The molecular formula is C13H17ClN2S2. The summed E-state index contributed by atoms with van der Waals surface area (Å²) in [7, 11) is 0. The molecule has 5 heteroatoms. The number of aryl methyl sites for hydroxylation is 1. The summed E-state index contributed by atoms with van der Waals surface area (Å²) in [4.78, 5) is 11.0. The van der Waals surface area contributed by atoms with E-state index in [0.717, 1.165) is 22.0 Å². The number of rotatable bonds is 6. The second kappa shape index (κ2) is 6.73. The quantitative estimate of drug-likeness (QED) is 0.318. The molecule has 0 unspecified atom stereocenters. The second-order valence-corrected chi connectivity index (χ2v) is 6.68. The van der Waals surface area contributed by atoms with E-state index in [9.17, 15) is 0 Å². The number of nitrogens with zero attached hydrogens (tertiary/aromatic N) is 2. The third-order valence-electron chi connectivity index (χ3n) is 2.72. The second-order valence-electron chi connectivity index (χ2n) is 4.14. The van der Waals surface area contributed by atoms with Gasteiger partial charge in [-0.2, -0.15) is 0 Å². The van der Waals surface area contributed by atoms with E-state index < -0.39 is 0 Å². The highest BCUT2D eigenvalue weighted by Gasteiger charge is 2.10. The van der Waals surface area contributed by atoms with Gasteiger partial charge in [0.25, 0.3) is 0 Å². The van der Waals surface area contributed by atoms with Gasteiger partial charge in [-0.3, -0.25) is 0 Å². The van der Waals surface area contributed by atoms with E-state index in [1.165, 1.54) is 29.5 Å². The standard InChI is InChI=1S/C13H17ClN2S2/c1-3-5-6-7-17-11-10-8-9(4-2)18-12(10)16-13(14)15-11/h8H,3-7H2,1-2H3. The van der Waals surface area contributed by atoms with E-state index in [1.54, 1.807) is 23.1 Å². The van der Waals surface area contributed by atoms with Gasteiger partial charge in [0.15, 0.2) is 0 Å². The highest BCUT2D eigenvalue weighted by Crippen LogP contribution is 2.33. The Morgan fingerprint density at radius 1 is 1.28 bits per heavy atom. The molecule has 0 saturated heterocycles. The van der Waals surface area contributed by atoms with Crippen molar-refractivity contribution in [3.8, 4) is 0 Å². The SMILES string of the molecule is CCCCCSc1nc(Cl)nc2sc(CC)cc12. The van der Waals surface area contributed by atoms with E-state index >= 15 is 0 Å². The lowest BCUT2D eigenvalue weighted by atomic mass is 10.3. The van der Waals surface area contributed by atoms with Crippen molar-refractivity contribution in [1.82, 2.24) is 9.97 Å². The average molecular weight is 301 g/mol. The maximum absolute atomic E-state index is 5.99. The van der Waals surface area contributed by atoms with Gasteiger partial charge in [0.1, 0.15) is 9.86 Å². The summed E-state index contributed by atoms with van der Waals surface area (Å²) in [6.07, 6.45) is 4.80. The fraction of sp³-hybridized carbons (Fsp3) is 0.538. The minimum absolute atomic E-state index is 0.366. The van der Waals surface area contributed by atoms with Gasteiger partial charge in [-0.25, -0.2) is 9.97 Å². The molecule has 0 bridgehead atoms. The first-order valence-corrected chi connectivity index (χ1v) is 8.51. The summed E-state index contributed by atoms with van der Waals surface area (Å²) in [5, 5.41) is 2.57. The van der Waals surface area contributed by atoms with Crippen LogP contribution in [0.1, 0.15) is 38.0 Å². The maximum Gasteiger partial charge on any atom is 0.224 e. The highest BCUT2D eigenvalue weighted by molar-refractivity contribution is 7.99. The van der Waals surface area contributed by atoms with E-state index in [-0.39, 0.29) is 0 Å². The van der Waals surface area contributed by atoms with Crippen molar-refractivity contribution >= 4 is 44.9 Å². The Morgan fingerprint density at radius 3 is 2.83 bits per heavy atom. The molecule has 98 valence electrons. The zero-order chi connectivity index (χ0) is 13.0. The largest absolute Gasteiger partial charge is 0.224 e. The Balaban J connectivity index is 2.21. The lowest BCUT2D eigenvalue weighted by molar-refractivity contribution is 0.778. The van der Waals surface area contributed by atoms with Gasteiger partial charge in [0.2, 0.25) is 5.28 Å². The summed E-state index contributed by atoms with van der Waals surface area (Å²) >= 11 is 9.51. The Labute approximate surface area is 121 Å². The van der Waals surface area contributed by atoms with Gasteiger partial charge in [0.05, 0.1) is 0 Å². The van der Waals surface area contributed by atoms with Gasteiger partial charge < -0.3 is 0 Å². The van der Waals surface area contributed by atoms with Crippen molar-refractivity contribution in [2.75, 3.05) is 5.75 Å². The molecule has 2 aromatic heterocycles. The summed E-state index contributed by atoms with van der Waals surface area (Å²) in [6.45, 7) is 4.38. The molecular weight excluding hydrogens is 284 g/mol. The predicted molar refractivity (Wildman–Crippen MR) is 82.1 cm³/mol. The first-order chi connectivity index (χ1) is 8.74. The number of thioether (sulfide) groups is 1. The van der Waals surface area contributed by atoms with Gasteiger partial charge >= 0.3 is 0 Å². The van der Waals surface area contributed by atoms with Crippen molar-refractivity contribution in [2.24, 2.45) is 0 Å². The molecule has 0 radical (unpaired) electrons. The highest BCUT2D eigenvalue weighted by atomic mass is 35.5. The molecule has 0 aliphatic heterocycles. The third-order valence-corrected chi connectivity index (χ3v) is 5.14. The molecule has 0 aromatic carbocycles. The topological polar surface area (TPSA) is 25.8 Å². The minimum Gasteiger partial charge on any atom is -0.211 e. The Morgan fingerprint density at radius 2 is 2.11 bits per heavy atom. The normalized spacial score (nSPS) is 11.3. The smallest absolute Gasteiger partial charge is 0.211 e. The first-order valence-electron chi connectivity index (χ1n) is 6.33. The Bertz CT molecular complexity index is 525. The van der Waals surface area contributed by atoms with Crippen LogP contribution in [0.5, 0.6) is 0 Å². The Hall–Kier alpha value is -0.320. The minimum atomic E-state index is 0.366. The summed E-state index contributed by atoms with van der Waals surface area (Å²) in [6, 6.07) is 2.21. The number of thiophene rings is 1. The number of halogens is 1. The molecule has 0 N–H and O–H groups in total. The Kier molecular flexibility index (Phi) is 5.27. The number of hydrogen-bond donors (Lipinski definition) is 0. The molecule has 0 atom stereocenters. The molecule has 0 saturated carbocycles. The van der Waals surface area contributed by atoms with Crippen molar-refractivity contribution < 1.29 is 0 Å². The van der Waals surface area contributed by atoms with E-state index in [1.807, 2.05) is 0 Å². The number of fused-ring (bicyclic) bond motifs is 1. The molecule has 2 aromatic rings. The van der Waals surface area contributed by atoms with E-state index in [2.05, 4.69) is 29.9 Å². The molecule has 0 fully saturated rings. The summed E-state index contributed by atoms with van der Waals surface area (Å²) < 4.78 is 0. The van der Waals surface area contributed by atoms with Crippen LogP contribution >= 0.6 is 34.7 Å². The van der Waals surface area contributed by atoms with Crippen molar-refractivity contribution in [3.63, 3.8) is 0 Å². The first kappa shape index (κ1) is 14.1. The average Bonchev–Trinajstić information content (AvgIpc) is 2.77. The van der Waals surface area contributed by atoms with Crippen molar-refractivity contribution in [2.45, 2.75) is 44.6 Å². The predicted octanol–water partition coefficient (Wildman–Crippen LogP) is 5.19. The zero-order valence-electron chi connectivity index (χ0n) is 10.7. The number of hydrogen-bond acceptors (Lipinski definition) is 4. The van der Waals surface area contributed by atoms with Crippen molar-refractivity contribution in [1.29, 1.82) is 0 Å². The lowest BCUT2D eigenvalue weighted by Gasteiger charge is -2.02. The van der Waals surface area contributed by atoms with Gasteiger partial charge in [-0.1, -0.05) is 26.7 Å². The fourth-order valence-corrected chi connectivity index (χ4v) is 4.03. The lowest BCUT2D eigenvalue weighted by Crippen LogP contribution is -1.88. The molecule has 2 heterocycles. The molecule has 2 rings (SSSR count). The number of aromatic nitrogens is 2. The van der Waals surface area contributed by atoms with Crippen LogP contribution in [0.25, 0.3) is 10.2 Å². The molecule has 18 heavy (non-hydrogen) atoms. The van der Waals surface area contributed by atoms with Crippen LogP contribution in [-0.4, -0.2) is 15.7 Å². The molecule has 0 spiro atoms. The zero-order valence-corrected chi connectivity index (χ0v) is 13.1.